The number of methoxy groups -OCH3 is 1. The van der Waals surface area contributed by atoms with Gasteiger partial charge in [-0.3, -0.25) is 9.59 Å². The van der Waals surface area contributed by atoms with Crippen molar-refractivity contribution in [3.05, 3.63) is 0 Å². The fourth-order valence-electron chi connectivity index (χ4n) is 1.36. The second-order valence-electron chi connectivity index (χ2n) is 3.77. The Kier molecular flexibility index (Phi) is 8.53. The highest BCUT2D eigenvalue weighted by molar-refractivity contribution is 5.82. The molecule has 0 bridgehead atoms. The molecule has 0 aliphatic rings. The summed E-state index contributed by atoms with van der Waals surface area (Å²) in [6, 6.07) is 1.10. The maximum atomic E-state index is 11.9. The van der Waals surface area contributed by atoms with Gasteiger partial charge in [0.25, 0.3) is 0 Å². The number of carbonyl (C=O) groups is 2. The standard InChI is InChI=1S/C11H19N3O4/c1-18-8-7-14(6-2-5-12)11(17)9(13)3-4-10(15)16/h9H,2-4,6-8,13H2,1H3,(H,15,16). The summed E-state index contributed by atoms with van der Waals surface area (Å²) >= 11 is 0. The van der Waals surface area contributed by atoms with Crippen LogP contribution in [0.5, 0.6) is 0 Å². The molecule has 1 amide bonds. The largest absolute Gasteiger partial charge is 0.481 e. The lowest BCUT2D eigenvalue weighted by molar-refractivity contribution is -0.137. The van der Waals surface area contributed by atoms with E-state index < -0.39 is 12.0 Å². The molecule has 1 unspecified atom stereocenters. The number of nitrogens with zero attached hydrogens (tertiary/aromatic N) is 2. The molecule has 3 N–H and O–H groups in total. The molecule has 0 aromatic carbocycles. The van der Waals surface area contributed by atoms with Crippen LogP contribution in [0, 0.1) is 11.3 Å². The van der Waals surface area contributed by atoms with Gasteiger partial charge in [-0.05, 0) is 6.42 Å². The number of amides is 1. The van der Waals surface area contributed by atoms with Gasteiger partial charge >= 0.3 is 5.97 Å². The fourth-order valence-corrected chi connectivity index (χ4v) is 1.36. The molecule has 18 heavy (non-hydrogen) atoms. The van der Waals surface area contributed by atoms with Crippen LogP contribution in [0.4, 0.5) is 0 Å². The van der Waals surface area contributed by atoms with E-state index in [-0.39, 0.29) is 31.7 Å². The fraction of sp³-hybridized carbons (Fsp3) is 0.727. The third-order valence-electron chi connectivity index (χ3n) is 2.36. The van der Waals surface area contributed by atoms with Crippen LogP contribution in [-0.2, 0) is 14.3 Å². The van der Waals surface area contributed by atoms with Crippen LogP contribution in [-0.4, -0.2) is 54.7 Å². The summed E-state index contributed by atoms with van der Waals surface area (Å²) in [5.41, 5.74) is 5.63. The zero-order chi connectivity index (χ0) is 14.0. The third kappa shape index (κ3) is 6.83. The Morgan fingerprint density at radius 3 is 2.67 bits per heavy atom. The Morgan fingerprint density at radius 1 is 1.50 bits per heavy atom. The van der Waals surface area contributed by atoms with Crippen LogP contribution in [0.25, 0.3) is 0 Å². The quantitative estimate of drug-likeness (QED) is 0.578. The molecule has 0 saturated carbocycles. The van der Waals surface area contributed by atoms with E-state index in [1.54, 1.807) is 0 Å². The summed E-state index contributed by atoms with van der Waals surface area (Å²) < 4.78 is 4.87. The van der Waals surface area contributed by atoms with E-state index in [1.807, 2.05) is 6.07 Å². The molecule has 102 valence electrons. The van der Waals surface area contributed by atoms with Crippen molar-refractivity contribution in [1.82, 2.24) is 4.90 Å². The Hall–Kier alpha value is -1.65. The topological polar surface area (TPSA) is 117 Å². The first-order chi connectivity index (χ1) is 8.52. The van der Waals surface area contributed by atoms with Crippen LogP contribution < -0.4 is 5.73 Å². The molecule has 0 spiro atoms. The first-order valence-electron chi connectivity index (χ1n) is 5.65. The van der Waals surface area contributed by atoms with Crippen LogP contribution in [0.3, 0.4) is 0 Å². The maximum Gasteiger partial charge on any atom is 0.303 e. The molecule has 0 saturated heterocycles. The molecule has 0 rings (SSSR count). The van der Waals surface area contributed by atoms with E-state index in [9.17, 15) is 9.59 Å². The van der Waals surface area contributed by atoms with Gasteiger partial charge in [0.1, 0.15) is 0 Å². The number of carboxylic acid groups (broad SMARTS) is 1. The lowest BCUT2D eigenvalue weighted by Crippen LogP contribution is -2.45. The van der Waals surface area contributed by atoms with Crippen molar-refractivity contribution in [2.75, 3.05) is 26.8 Å². The van der Waals surface area contributed by atoms with Crippen molar-refractivity contribution in [3.63, 3.8) is 0 Å². The second kappa shape index (κ2) is 9.39. The number of nitriles is 1. The molecule has 0 fully saturated rings. The summed E-state index contributed by atoms with van der Waals surface area (Å²) in [5, 5.41) is 17.0. The molecule has 0 aromatic heterocycles. The van der Waals surface area contributed by atoms with Crippen molar-refractivity contribution < 1.29 is 19.4 Å². The van der Waals surface area contributed by atoms with Crippen molar-refractivity contribution in [2.45, 2.75) is 25.3 Å². The highest BCUT2D eigenvalue weighted by atomic mass is 16.5. The average Bonchev–Trinajstić information content (AvgIpc) is 2.35. The van der Waals surface area contributed by atoms with Gasteiger partial charge < -0.3 is 20.5 Å². The predicted molar refractivity (Wildman–Crippen MR) is 63.5 cm³/mol. The van der Waals surface area contributed by atoms with E-state index >= 15 is 0 Å². The van der Waals surface area contributed by atoms with Crippen LogP contribution in [0.2, 0.25) is 0 Å². The predicted octanol–water partition coefficient (Wildman–Crippen LogP) is -0.433. The SMILES string of the molecule is COCCN(CCC#N)C(=O)C(N)CCC(=O)O. The molecule has 0 aliphatic heterocycles. The Bertz CT molecular complexity index is 314. The van der Waals surface area contributed by atoms with Gasteiger partial charge in [0.2, 0.25) is 5.91 Å². The second-order valence-corrected chi connectivity index (χ2v) is 3.77. The van der Waals surface area contributed by atoms with Crippen molar-refractivity contribution >= 4 is 11.9 Å². The average molecular weight is 257 g/mol. The van der Waals surface area contributed by atoms with E-state index in [1.165, 1.54) is 12.0 Å². The molecule has 7 nitrogen and oxygen atoms in total. The van der Waals surface area contributed by atoms with Gasteiger partial charge in [0, 0.05) is 26.6 Å². The number of rotatable bonds is 9. The minimum absolute atomic E-state index is 0.0875. The monoisotopic (exact) mass is 257 g/mol. The summed E-state index contributed by atoms with van der Waals surface area (Å²) in [7, 11) is 1.51. The summed E-state index contributed by atoms with van der Waals surface area (Å²) in [6.07, 6.45) is 0.147. The number of carboxylic acids is 1. The van der Waals surface area contributed by atoms with Crippen molar-refractivity contribution in [1.29, 1.82) is 5.26 Å². The smallest absolute Gasteiger partial charge is 0.303 e. The highest BCUT2D eigenvalue weighted by Crippen LogP contribution is 2.02. The van der Waals surface area contributed by atoms with Gasteiger partial charge in [-0.2, -0.15) is 5.26 Å². The van der Waals surface area contributed by atoms with Gasteiger partial charge in [0.05, 0.1) is 25.1 Å². The Labute approximate surface area is 106 Å². The van der Waals surface area contributed by atoms with E-state index in [0.717, 1.165) is 0 Å². The van der Waals surface area contributed by atoms with Gasteiger partial charge in [-0.15, -0.1) is 0 Å². The molecule has 0 heterocycles. The summed E-state index contributed by atoms with van der Waals surface area (Å²) in [6.45, 7) is 0.972. The maximum absolute atomic E-state index is 11.9. The minimum Gasteiger partial charge on any atom is -0.481 e. The van der Waals surface area contributed by atoms with Gasteiger partial charge in [-0.1, -0.05) is 0 Å². The number of aliphatic carboxylic acids is 1. The van der Waals surface area contributed by atoms with Gasteiger partial charge in [0.15, 0.2) is 0 Å². The van der Waals surface area contributed by atoms with E-state index in [2.05, 4.69) is 0 Å². The van der Waals surface area contributed by atoms with Crippen LogP contribution >= 0.6 is 0 Å². The van der Waals surface area contributed by atoms with Crippen molar-refractivity contribution in [3.8, 4) is 6.07 Å². The van der Waals surface area contributed by atoms with Crippen molar-refractivity contribution in [2.24, 2.45) is 5.73 Å². The first kappa shape index (κ1) is 16.4. The Morgan fingerprint density at radius 2 is 2.17 bits per heavy atom. The number of hydrogen-bond acceptors (Lipinski definition) is 5. The lowest BCUT2D eigenvalue weighted by atomic mass is 10.1. The zero-order valence-electron chi connectivity index (χ0n) is 10.5. The minimum atomic E-state index is -0.987. The van der Waals surface area contributed by atoms with Crippen LogP contribution in [0.1, 0.15) is 19.3 Å². The third-order valence-corrected chi connectivity index (χ3v) is 2.36. The number of nitrogens with two attached hydrogens (primary N) is 1. The number of hydrogen-bond donors (Lipinski definition) is 2. The summed E-state index contributed by atoms with van der Waals surface area (Å²) in [4.78, 5) is 23.7. The first-order valence-corrected chi connectivity index (χ1v) is 5.65. The Balaban J connectivity index is 4.33. The molecule has 0 aliphatic carbocycles. The highest BCUT2D eigenvalue weighted by Gasteiger charge is 2.21. The van der Waals surface area contributed by atoms with E-state index in [4.69, 9.17) is 20.8 Å². The number of ether oxygens (including phenoxy) is 1. The normalized spacial score (nSPS) is 11.6. The molecular formula is C11H19N3O4. The molecular weight excluding hydrogens is 238 g/mol. The lowest BCUT2D eigenvalue weighted by Gasteiger charge is -2.24. The molecule has 0 radical (unpaired) electrons. The van der Waals surface area contributed by atoms with E-state index in [0.29, 0.717) is 13.2 Å². The van der Waals surface area contributed by atoms with Gasteiger partial charge in [-0.25, -0.2) is 0 Å². The zero-order valence-corrected chi connectivity index (χ0v) is 10.5. The van der Waals surface area contributed by atoms with Crippen LogP contribution in [0.15, 0.2) is 0 Å². The molecule has 0 aromatic rings. The number of carbonyl (C=O) groups excluding carboxylic acids is 1. The summed E-state index contributed by atoms with van der Waals surface area (Å²) in [5.74, 6) is -1.33. The molecule has 1 atom stereocenters. The molecule has 7 heteroatoms.